The highest BCUT2D eigenvalue weighted by Gasteiger charge is 2.30. The average molecular weight is 451 g/mol. The third-order valence-corrected chi connectivity index (χ3v) is 5.89. The number of hydrogen-bond acceptors (Lipinski definition) is 4. The van der Waals surface area contributed by atoms with Gasteiger partial charge in [0, 0.05) is 12.2 Å². The number of nitrogens with zero attached hydrogens (tertiary/aromatic N) is 1. The number of carboxylic acid groups (broad SMARTS) is 1. The number of carbonyl (C=O) groups excluding carboxylic acids is 2. The van der Waals surface area contributed by atoms with Gasteiger partial charge in [-0.25, -0.2) is 4.79 Å². The average Bonchev–Trinajstić information content (AvgIpc) is 3.39. The van der Waals surface area contributed by atoms with Crippen molar-refractivity contribution < 1.29 is 24.2 Å². The number of hydrogen-bond donors (Lipinski definition) is 2. The van der Waals surface area contributed by atoms with E-state index in [1.807, 2.05) is 50.2 Å². The van der Waals surface area contributed by atoms with Gasteiger partial charge in [0.25, 0.3) is 11.7 Å². The Morgan fingerprint density at radius 1 is 1.12 bits per heavy atom. The molecule has 0 saturated carbocycles. The number of aliphatic carboxylic acids is 1. The summed E-state index contributed by atoms with van der Waals surface area (Å²) in [6.07, 6.45) is 3.42. The third-order valence-electron chi connectivity index (χ3n) is 5.89. The number of primary amides is 1. The normalized spacial score (nSPS) is 12.1. The van der Waals surface area contributed by atoms with E-state index in [0.29, 0.717) is 23.4 Å². The van der Waals surface area contributed by atoms with Gasteiger partial charge in [-0.1, -0.05) is 44.2 Å². The first-order valence-electron chi connectivity index (χ1n) is 11.3. The lowest BCUT2D eigenvalue weighted by atomic mass is 10.0. The van der Waals surface area contributed by atoms with Crippen molar-refractivity contribution in [1.29, 1.82) is 0 Å². The molecule has 1 heterocycles. The lowest BCUT2D eigenvalue weighted by molar-refractivity contribution is -0.139. The summed E-state index contributed by atoms with van der Waals surface area (Å²) >= 11 is 0. The van der Waals surface area contributed by atoms with Gasteiger partial charge in [-0.3, -0.25) is 9.59 Å². The van der Waals surface area contributed by atoms with Gasteiger partial charge in [-0.05, 0) is 55.4 Å². The number of rotatable bonds is 8. The molecule has 3 N–H and O–H groups in total. The molecule has 7 nitrogen and oxygen atoms in total. The topological polar surface area (TPSA) is 112 Å². The molecule has 2 aromatic carbocycles. The van der Waals surface area contributed by atoms with Crippen LogP contribution in [0.15, 0.2) is 36.4 Å². The predicted octanol–water partition coefficient (Wildman–Crippen LogP) is 3.84. The van der Waals surface area contributed by atoms with Crippen molar-refractivity contribution in [3.05, 3.63) is 64.3 Å². The Morgan fingerprint density at radius 3 is 2.45 bits per heavy atom. The molecule has 174 valence electrons. The molecule has 7 heteroatoms. The van der Waals surface area contributed by atoms with E-state index in [9.17, 15) is 14.4 Å². The number of nitrogens with two attached hydrogens (primary N) is 1. The molecule has 0 spiro atoms. The number of carbonyl (C=O) groups is 3. The maximum Gasteiger partial charge on any atom is 0.341 e. The van der Waals surface area contributed by atoms with Crippen molar-refractivity contribution in [2.45, 2.75) is 53.0 Å². The molecule has 33 heavy (non-hydrogen) atoms. The zero-order chi connectivity index (χ0) is 24.1. The number of Topliss-reactive ketones (excluding diaryl/α,β-unsaturated/α-hetero) is 1. The van der Waals surface area contributed by atoms with Gasteiger partial charge in [0.05, 0.1) is 16.5 Å². The smallest absolute Gasteiger partial charge is 0.341 e. The number of carboxylic acids is 1. The zero-order valence-corrected chi connectivity index (χ0v) is 19.3. The van der Waals surface area contributed by atoms with Crippen LogP contribution in [0.5, 0.6) is 5.75 Å². The monoisotopic (exact) mass is 450 g/mol. The molecule has 0 atom stereocenters. The van der Waals surface area contributed by atoms with Gasteiger partial charge in [-0.15, -0.1) is 0 Å². The van der Waals surface area contributed by atoms with Crippen LogP contribution in [-0.4, -0.2) is 33.9 Å². The first kappa shape index (κ1) is 24.0. The molecule has 1 amide bonds. The molecule has 0 saturated heterocycles. The highest BCUT2D eigenvalue weighted by molar-refractivity contribution is 6.45. The highest BCUT2D eigenvalue weighted by atomic mass is 16.5. The summed E-state index contributed by atoms with van der Waals surface area (Å²) in [4.78, 5) is 35.8. The number of benzene rings is 2. The molecule has 1 aromatic heterocycles. The van der Waals surface area contributed by atoms with E-state index in [1.54, 1.807) is 6.92 Å². The van der Waals surface area contributed by atoms with Gasteiger partial charge in [0.2, 0.25) is 0 Å². The van der Waals surface area contributed by atoms with Gasteiger partial charge < -0.3 is 20.1 Å². The van der Waals surface area contributed by atoms with E-state index in [1.165, 1.54) is 0 Å². The van der Waals surface area contributed by atoms with Crippen molar-refractivity contribution >= 4 is 28.6 Å². The Balaban J connectivity index is 0.00000149. The fraction of sp³-hybridized carbons (Fsp3) is 0.346. The first-order chi connectivity index (χ1) is 15.9. The number of aromatic nitrogens is 1. The van der Waals surface area contributed by atoms with Gasteiger partial charge in [0.15, 0.2) is 6.61 Å². The number of amides is 1. The minimum atomic E-state index is -1.11. The maximum absolute atomic E-state index is 12.8. The van der Waals surface area contributed by atoms with Crippen molar-refractivity contribution in [3.8, 4) is 5.75 Å². The molecule has 3 aromatic rings. The molecule has 1 aliphatic carbocycles. The maximum atomic E-state index is 12.8. The summed E-state index contributed by atoms with van der Waals surface area (Å²) in [6, 6.07) is 11.8. The number of fused-ring (bicyclic) bond motifs is 3. The fourth-order valence-corrected chi connectivity index (χ4v) is 4.54. The van der Waals surface area contributed by atoms with Crippen LogP contribution < -0.4 is 10.5 Å². The minimum Gasteiger partial charge on any atom is -0.481 e. The lowest BCUT2D eigenvalue weighted by Gasteiger charge is -2.14. The van der Waals surface area contributed by atoms with Crippen molar-refractivity contribution in [2.75, 3.05) is 6.61 Å². The summed E-state index contributed by atoms with van der Waals surface area (Å²) < 4.78 is 7.64. The Labute approximate surface area is 193 Å². The molecule has 1 aliphatic rings. The lowest BCUT2D eigenvalue weighted by Crippen LogP contribution is -2.24. The van der Waals surface area contributed by atoms with E-state index >= 15 is 0 Å². The van der Waals surface area contributed by atoms with E-state index < -0.39 is 24.3 Å². The molecular formula is C26H30N2O5. The summed E-state index contributed by atoms with van der Waals surface area (Å²) in [5.41, 5.74) is 10.4. The Morgan fingerprint density at radius 2 is 1.82 bits per heavy atom. The molecular weight excluding hydrogens is 420 g/mol. The zero-order valence-electron chi connectivity index (χ0n) is 19.3. The van der Waals surface area contributed by atoms with Crippen LogP contribution in [-0.2, 0) is 35.4 Å². The van der Waals surface area contributed by atoms with Crippen LogP contribution in [0.25, 0.3) is 10.9 Å². The van der Waals surface area contributed by atoms with Crippen molar-refractivity contribution in [3.63, 3.8) is 0 Å². The fourth-order valence-electron chi connectivity index (χ4n) is 4.54. The largest absolute Gasteiger partial charge is 0.481 e. The van der Waals surface area contributed by atoms with Gasteiger partial charge in [-0.2, -0.15) is 0 Å². The van der Waals surface area contributed by atoms with E-state index in [2.05, 4.69) is 4.57 Å². The third kappa shape index (κ3) is 4.77. The highest BCUT2D eigenvalue weighted by Crippen LogP contribution is 2.41. The molecule has 0 unspecified atom stereocenters. The second kappa shape index (κ2) is 10.3. The number of ketones is 1. The second-order valence-electron chi connectivity index (χ2n) is 7.81. The summed E-state index contributed by atoms with van der Waals surface area (Å²) in [7, 11) is 0. The van der Waals surface area contributed by atoms with Crippen LogP contribution in [0.3, 0.4) is 0 Å². The molecule has 0 bridgehead atoms. The van der Waals surface area contributed by atoms with Gasteiger partial charge in [0.1, 0.15) is 5.75 Å². The predicted molar refractivity (Wildman–Crippen MR) is 127 cm³/mol. The standard InChI is InChI=1S/C24H24N2O5.C2H6/c1-14-20(23(29)24(25)30)21-18(31-13-19(27)28)12-16-8-5-9-17(16)22(21)26(14)11-10-15-6-3-2-4-7-15;1-2/h2-4,6-7,12H,5,8-11,13H2,1H3,(H2,25,30)(H,27,28);1-2H3. The molecule has 0 aliphatic heterocycles. The van der Waals surface area contributed by atoms with Crippen molar-refractivity contribution in [2.24, 2.45) is 5.73 Å². The van der Waals surface area contributed by atoms with Crippen molar-refractivity contribution in [1.82, 2.24) is 4.57 Å². The SMILES string of the molecule is CC.Cc1c(C(=O)C(N)=O)c2c(OCC(=O)O)cc3c(c2n1CCc1ccccc1)CCC3. The van der Waals surface area contributed by atoms with Crippen LogP contribution in [0.1, 0.15) is 53.0 Å². The van der Waals surface area contributed by atoms with Crippen LogP contribution in [0.4, 0.5) is 0 Å². The second-order valence-corrected chi connectivity index (χ2v) is 7.81. The Bertz CT molecular complexity index is 1190. The van der Waals surface area contributed by atoms with Crippen LogP contribution >= 0.6 is 0 Å². The minimum absolute atomic E-state index is 0.200. The van der Waals surface area contributed by atoms with Gasteiger partial charge >= 0.3 is 5.97 Å². The summed E-state index contributed by atoms with van der Waals surface area (Å²) in [5.74, 6) is -2.64. The quantitative estimate of drug-likeness (QED) is 0.400. The number of aryl methyl sites for hydroxylation is 4. The van der Waals surface area contributed by atoms with Crippen LogP contribution in [0.2, 0.25) is 0 Å². The molecule has 4 rings (SSSR count). The van der Waals surface area contributed by atoms with E-state index in [4.69, 9.17) is 15.6 Å². The van der Waals surface area contributed by atoms with E-state index in [-0.39, 0.29) is 5.56 Å². The summed E-state index contributed by atoms with van der Waals surface area (Å²) in [6.45, 7) is 5.86. The first-order valence-corrected chi connectivity index (χ1v) is 11.3. The Kier molecular flexibility index (Phi) is 7.53. The molecule has 0 radical (unpaired) electrons. The van der Waals surface area contributed by atoms with Crippen LogP contribution in [0, 0.1) is 6.92 Å². The number of ether oxygens (including phenoxy) is 1. The molecule has 0 fully saturated rings. The summed E-state index contributed by atoms with van der Waals surface area (Å²) in [5, 5.41) is 9.59. The van der Waals surface area contributed by atoms with E-state index in [0.717, 1.165) is 47.9 Å². The Hall–Kier alpha value is -3.61.